The quantitative estimate of drug-likeness (QED) is 0.802. The van der Waals surface area contributed by atoms with Gasteiger partial charge in [-0.15, -0.1) is 0 Å². The number of anilines is 2. The van der Waals surface area contributed by atoms with E-state index >= 15 is 0 Å². The first-order chi connectivity index (χ1) is 7.68. The molecule has 1 aromatic carbocycles. The molecule has 0 saturated heterocycles. The van der Waals surface area contributed by atoms with Gasteiger partial charge in [0.2, 0.25) is 5.95 Å². The third-order valence-corrected chi connectivity index (χ3v) is 2.32. The van der Waals surface area contributed by atoms with Crippen LogP contribution < -0.4 is 11.1 Å². The Morgan fingerprint density at radius 1 is 1.38 bits per heavy atom. The Labute approximate surface area is 93.5 Å². The van der Waals surface area contributed by atoms with E-state index in [4.69, 9.17) is 5.73 Å². The first-order valence-corrected chi connectivity index (χ1v) is 5.02. The van der Waals surface area contributed by atoms with Gasteiger partial charge in [-0.25, -0.2) is 4.68 Å². The third kappa shape index (κ3) is 2.01. The van der Waals surface area contributed by atoms with Crippen molar-refractivity contribution >= 4 is 11.6 Å². The van der Waals surface area contributed by atoms with E-state index in [9.17, 15) is 0 Å². The highest BCUT2D eigenvalue weighted by Gasteiger charge is 2.08. The normalized spacial score (nSPS) is 12.4. The Morgan fingerprint density at radius 2 is 2.12 bits per heavy atom. The first kappa shape index (κ1) is 10.6. The van der Waals surface area contributed by atoms with Crippen molar-refractivity contribution in [1.29, 1.82) is 0 Å². The monoisotopic (exact) mass is 218 g/mol. The van der Waals surface area contributed by atoms with Gasteiger partial charge in [0.1, 0.15) is 0 Å². The molecule has 3 N–H and O–H groups in total. The summed E-state index contributed by atoms with van der Waals surface area (Å²) in [4.78, 5) is 0. The standard InChI is InChI=1S/C10H14N6/c1-7(11)8-5-3-4-6-9(8)12-10-13-14-15-16(10)2/h3-7H,11H2,1-2H3,(H,12,13,15). The van der Waals surface area contributed by atoms with Crippen LogP contribution in [0.15, 0.2) is 24.3 Å². The first-order valence-electron chi connectivity index (χ1n) is 5.02. The van der Waals surface area contributed by atoms with Gasteiger partial charge < -0.3 is 11.1 Å². The summed E-state index contributed by atoms with van der Waals surface area (Å²) >= 11 is 0. The fraction of sp³-hybridized carbons (Fsp3) is 0.300. The summed E-state index contributed by atoms with van der Waals surface area (Å²) in [5, 5.41) is 14.3. The second-order valence-corrected chi connectivity index (χ2v) is 3.63. The lowest BCUT2D eigenvalue weighted by molar-refractivity contribution is 0.715. The summed E-state index contributed by atoms with van der Waals surface area (Å²) in [5.74, 6) is 0.591. The molecule has 6 nitrogen and oxygen atoms in total. The van der Waals surface area contributed by atoms with Gasteiger partial charge in [0.25, 0.3) is 0 Å². The van der Waals surface area contributed by atoms with Crippen LogP contribution in [0.4, 0.5) is 11.6 Å². The van der Waals surface area contributed by atoms with Crippen molar-refractivity contribution in [2.45, 2.75) is 13.0 Å². The highest BCUT2D eigenvalue weighted by atomic mass is 15.6. The highest BCUT2D eigenvalue weighted by molar-refractivity contribution is 5.59. The minimum atomic E-state index is -0.0371. The number of tetrazole rings is 1. The lowest BCUT2D eigenvalue weighted by Gasteiger charge is -2.12. The number of hydrogen-bond acceptors (Lipinski definition) is 5. The number of para-hydroxylation sites is 1. The number of nitrogens with two attached hydrogens (primary N) is 1. The molecule has 1 atom stereocenters. The predicted molar refractivity (Wildman–Crippen MR) is 61.1 cm³/mol. The molecule has 6 heteroatoms. The van der Waals surface area contributed by atoms with Gasteiger partial charge in [-0.2, -0.15) is 0 Å². The molecule has 1 unspecified atom stereocenters. The SMILES string of the molecule is CC(N)c1ccccc1Nc1nnnn1C. The Morgan fingerprint density at radius 3 is 2.75 bits per heavy atom. The van der Waals surface area contributed by atoms with Gasteiger partial charge in [-0.1, -0.05) is 23.3 Å². The molecule has 1 aromatic heterocycles. The predicted octanol–water partition coefficient (Wildman–Crippen LogP) is 0.973. The van der Waals surface area contributed by atoms with Crippen molar-refractivity contribution in [2.24, 2.45) is 12.8 Å². The van der Waals surface area contributed by atoms with E-state index in [0.29, 0.717) is 5.95 Å². The zero-order valence-electron chi connectivity index (χ0n) is 9.25. The molecule has 0 aliphatic carbocycles. The molecule has 1 heterocycles. The second kappa shape index (κ2) is 4.28. The fourth-order valence-corrected chi connectivity index (χ4v) is 1.46. The van der Waals surface area contributed by atoms with Crippen LogP contribution in [0.3, 0.4) is 0 Å². The molecule has 0 fully saturated rings. The van der Waals surface area contributed by atoms with Crippen molar-refractivity contribution < 1.29 is 0 Å². The van der Waals surface area contributed by atoms with Gasteiger partial charge in [0.05, 0.1) is 0 Å². The molecule has 84 valence electrons. The van der Waals surface area contributed by atoms with Crippen molar-refractivity contribution in [1.82, 2.24) is 20.2 Å². The van der Waals surface area contributed by atoms with Crippen molar-refractivity contribution in [3.05, 3.63) is 29.8 Å². The van der Waals surface area contributed by atoms with E-state index in [-0.39, 0.29) is 6.04 Å². The summed E-state index contributed by atoms with van der Waals surface area (Å²) < 4.78 is 1.57. The molecular weight excluding hydrogens is 204 g/mol. The molecule has 2 rings (SSSR count). The van der Waals surface area contributed by atoms with Crippen LogP contribution in [0.1, 0.15) is 18.5 Å². The van der Waals surface area contributed by atoms with Crippen LogP contribution >= 0.6 is 0 Å². The Kier molecular flexibility index (Phi) is 2.82. The molecule has 0 bridgehead atoms. The Hall–Kier alpha value is -1.95. The molecular formula is C10H14N6. The average molecular weight is 218 g/mol. The van der Waals surface area contributed by atoms with Crippen molar-refractivity contribution in [3.8, 4) is 0 Å². The van der Waals surface area contributed by atoms with E-state index < -0.39 is 0 Å². The largest absolute Gasteiger partial charge is 0.324 e. The molecule has 0 radical (unpaired) electrons. The third-order valence-electron chi connectivity index (χ3n) is 2.32. The van der Waals surface area contributed by atoms with Crippen LogP contribution in [0.2, 0.25) is 0 Å². The van der Waals surface area contributed by atoms with Gasteiger partial charge in [-0.05, 0) is 29.0 Å². The minimum Gasteiger partial charge on any atom is -0.324 e. The zero-order valence-corrected chi connectivity index (χ0v) is 9.25. The maximum absolute atomic E-state index is 5.88. The number of nitrogens with zero attached hydrogens (tertiary/aromatic N) is 4. The van der Waals surface area contributed by atoms with Crippen LogP contribution in [-0.4, -0.2) is 20.2 Å². The van der Waals surface area contributed by atoms with E-state index in [0.717, 1.165) is 11.3 Å². The number of benzene rings is 1. The molecule has 2 aromatic rings. The number of rotatable bonds is 3. The maximum Gasteiger partial charge on any atom is 0.247 e. The smallest absolute Gasteiger partial charge is 0.247 e. The summed E-state index contributed by atoms with van der Waals surface area (Å²) in [6.45, 7) is 1.94. The summed E-state index contributed by atoms with van der Waals surface area (Å²) in [6.07, 6.45) is 0. The van der Waals surface area contributed by atoms with Crippen LogP contribution in [-0.2, 0) is 7.05 Å². The van der Waals surface area contributed by atoms with Crippen LogP contribution in [0.25, 0.3) is 0 Å². The Balaban J connectivity index is 2.31. The van der Waals surface area contributed by atoms with Crippen molar-refractivity contribution in [3.63, 3.8) is 0 Å². The number of aryl methyl sites for hydroxylation is 1. The number of hydrogen-bond donors (Lipinski definition) is 2. The molecule has 0 spiro atoms. The van der Waals surface area contributed by atoms with Gasteiger partial charge in [0, 0.05) is 18.8 Å². The second-order valence-electron chi connectivity index (χ2n) is 3.63. The fourth-order valence-electron chi connectivity index (χ4n) is 1.46. The van der Waals surface area contributed by atoms with E-state index in [1.54, 1.807) is 11.7 Å². The number of nitrogens with one attached hydrogen (secondary N) is 1. The van der Waals surface area contributed by atoms with Crippen molar-refractivity contribution in [2.75, 3.05) is 5.32 Å². The molecule has 0 aliphatic heterocycles. The number of aromatic nitrogens is 4. The van der Waals surface area contributed by atoms with Gasteiger partial charge in [-0.3, -0.25) is 0 Å². The van der Waals surface area contributed by atoms with Gasteiger partial charge >= 0.3 is 0 Å². The molecule has 16 heavy (non-hydrogen) atoms. The van der Waals surface area contributed by atoms with Crippen LogP contribution in [0, 0.1) is 0 Å². The topological polar surface area (TPSA) is 81.7 Å². The Bertz CT molecular complexity index is 476. The molecule has 0 amide bonds. The minimum absolute atomic E-state index is 0.0371. The van der Waals surface area contributed by atoms with E-state index in [2.05, 4.69) is 20.8 Å². The van der Waals surface area contributed by atoms with E-state index in [1.165, 1.54) is 0 Å². The lowest BCUT2D eigenvalue weighted by Crippen LogP contribution is -2.09. The summed E-state index contributed by atoms with van der Waals surface area (Å²) in [7, 11) is 1.77. The maximum atomic E-state index is 5.88. The molecule has 0 aliphatic rings. The molecule has 0 saturated carbocycles. The van der Waals surface area contributed by atoms with E-state index in [1.807, 2.05) is 31.2 Å². The zero-order chi connectivity index (χ0) is 11.5. The average Bonchev–Trinajstić information content (AvgIpc) is 2.65. The highest BCUT2D eigenvalue weighted by Crippen LogP contribution is 2.23. The lowest BCUT2D eigenvalue weighted by atomic mass is 10.1. The van der Waals surface area contributed by atoms with Crippen LogP contribution in [0.5, 0.6) is 0 Å². The summed E-state index contributed by atoms with van der Waals surface area (Å²) in [6, 6.07) is 7.80. The summed E-state index contributed by atoms with van der Waals surface area (Å²) in [5.41, 5.74) is 7.84. The van der Waals surface area contributed by atoms with Gasteiger partial charge in [0.15, 0.2) is 0 Å².